The maximum Gasteiger partial charge on any atom is 0.317 e. The molecule has 5 nitrogen and oxygen atoms in total. The summed E-state index contributed by atoms with van der Waals surface area (Å²) in [6.45, 7) is 2.45. The molecule has 78 valence electrons. The molecule has 1 aromatic rings. The fourth-order valence-corrected chi connectivity index (χ4v) is 1.15. The third-order valence-electron chi connectivity index (χ3n) is 1.95. The molecule has 5 heteroatoms. The van der Waals surface area contributed by atoms with Gasteiger partial charge in [-0.1, -0.05) is 0 Å². The molecular weight excluding hydrogens is 180 g/mol. The smallest absolute Gasteiger partial charge is 0.317 e. The predicted molar refractivity (Wildman–Crippen MR) is 53.9 cm³/mol. The van der Waals surface area contributed by atoms with Crippen LogP contribution in [-0.2, 0) is 13.6 Å². The van der Waals surface area contributed by atoms with E-state index in [0.29, 0.717) is 6.54 Å². The first-order chi connectivity index (χ1) is 6.50. The van der Waals surface area contributed by atoms with Crippen LogP contribution in [0, 0.1) is 6.92 Å². The Morgan fingerprint density at radius 1 is 1.64 bits per heavy atom. The largest absolute Gasteiger partial charge is 0.334 e. The maximum absolute atomic E-state index is 11.2. The summed E-state index contributed by atoms with van der Waals surface area (Å²) in [6.07, 6.45) is 1.91. The van der Waals surface area contributed by atoms with Crippen LogP contribution in [0.5, 0.6) is 0 Å². The highest BCUT2D eigenvalue weighted by Crippen LogP contribution is 2.03. The van der Waals surface area contributed by atoms with Crippen LogP contribution < -0.4 is 5.32 Å². The Morgan fingerprint density at radius 2 is 2.29 bits per heavy atom. The molecule has 0 saturated heterocycles. The molecule has 1 heterocycles. The van der Waals surface area contributed by atoms with Crippen molar-refractivity contribution in [2.75, 3.05) is 14.1 Å². The number of aromatic nitrogens is 2. The van der Waals surface area contributed by atoms with Gasteiger partial charge in [0.15, 0.2) is 0 Å². The van der Waals surface area contributed by atoms with E-state index in [1.54, 1.807) is 18.8 Å². The van der Waals surface area contributed by atoms with Gasteiger partial charge < -0.3 is 10.2 Å². The predicted octanol–water partition coefficient (Wildman–Crippen LogP) is 0.500. The molecule has 1 aromatic heterocycles. The quantitative estimate of drug-likeness (QED) is 0.748. The van der Waals surface area contributed by atoms with Gasteiger partial charge in [0.2, 0.25) is 0 Å². The molecule has 1 N–H and O–H groups in total. The Balaban J connectivity index is 2.54. The van der Waals surface area contributed by atoms with Gasteiger partial charge in [-0.3, -0.25) is 4.68 Å². The zero-order valence-corrected chi connectivity index (χ0v) is 9.03. The average Bonchev–Trinajstić information content (AvgIpc) is 2.40. The number of hydrogen-bond acceptors (Lipinski definition) is 2. The first-order valence-electron chi connectivity index (χ1n) is 4.45. The second-order valence-corrected chi connectivity index (χ2v) is 3.47. The molecule has 0 aliphatic carbocycles. The van der Waals surface area contributed by atoms with Gasteiger partial charge in [-0.25, -0.2) is 4.79 Å². The molecule has 0 aliphatic heterocycles. The van der Waals surface area contributed by atoms with Crippen LogP contribution in [0.15, 0.2) is 6.20 Å². The maximum atomic E-state index is 11.2. The number of nitrogens with zero attached hydrogens (tertiary/aromatic N) is 3. The monoisotopic (exact) mass is 196 g/mol. The van der Waals surface area contributed by atoms with Gasteiger partial charge in [0.1, 0.15) is 0 Å². The van der Waals surface area contributed by atoms with Gasteiger partial charge in [0.05, 0.1) is 5.69 Å². The number of amides is 2. The lowest BCUT2D eigenvalue weighted by atomic mass is 10.3. The zero-order valence-electron chi connectivity index (χ0n) is 9.03. The Labute approximate surface area is 83.7 Å². The highest BCUT2D eigenvalue weighted by atomic mass is 16.2. The number of carbonyl (C=O) groups is 1. The Bertz CT molecular complexity index is 330. The SMILES string of the molecule is Cc1nn(C)cc1CNC(=O)N(C)C. The van der Waals surface area contributed by atoms with E-state index in [1.807, 2.05) is 20.2 Å². The van der Waals surface area contributed by atoms with Gasteiger partial charge in [0.25, 0.3) is 0 Å². The van der Waals surface area contributed by atoms with Gasteiger partial charge in [-0.15, -0.1) is 0 Å². The van der Waals surface area contributed by atoms with E-state index >= 15 is 0 Å². The molecule has 0 radical (unpaired) electrons. The topological polar surface area (TPSA) is 50.2 Å². The zero-order chi connectivity index (χ0) is 10.7. The first-order valence-corrected chi connectivity index (χ1v) is 4.45. The average molecular weight is 196 g/mol. The van der Waals surface area contributed by atoms with Gasteiger partial charge in [-0.2, -0.15) is 5.10 Å². The van der Waals surface area contributed by atoms with Crippen LogP contribution in [0.4, 0.5) is 4.79 Å². The minimum atomic E-state index is -0.0896. The number of carbonyl (C=O) groups excluding carboxylic acids is 1. The van der Waals surface area contributed by atoms with Crippen molar-refractivity contribution in [3.8, 4) is 0 Å². The van der Waals surface area contributed by atoms with E-state index in [1.165, 1.54) is 4.90 Å². The first kappa shape index (κ1) is 10.6. The number of nitrogens with one attached hydrogen (secondary N) is 1. The molecule has 0 saturated carbocycles. The third kappa shape index (κ3) is 2.48. The summed E-state index contributed by atoms with van der Waals surface area (Å²) < 4.78 is 1.74. The standard InChI is InChI=1S/C9H16N4O/c1-7-8(6-13(4)11-7)5-10-9(14)12(2)3/h6H,5H2,1-4H3,(H,10,14). The molecule has 0 fully saturated rings. The van der Waals surface area contributed by atoms with E-state index in [2.05, 4.69) is 10.4 Å². The fraction of sp³-hybridized carbons (Fsp3) is 0.556. The van der Waals surface area contributed by atoms with Crippen LogP contribution in [0.1, 0.15) is 11.3 Å². The van der Waals surface area contributed by atoms with Crippen molar-refractivity contribution in [1.82, 2.24) is 20.0 Å². The normalized spacial score (nSPS) is 10.0. The van der Waals surface area contributed by atoms with Crippen LogP contribution >= 0.6 is 0 Å². The lowest BCUT2D eigenvalue weighted by molar-refractivity contribution is 0.217. The molecule has 0 aliphatic rings. The van der Waals surface area contributed by atoms with Crippen molar-refractivity contribution in [2.24, 2.45) is 7.05 Å². The molecule has 1 rings (SSSR count). The van der Waals surface area contributed by atoms with Crippen LogP contribution in [0.25, 0.3) is 0 Å². The summed E-state index contributed by atoms with van der Waals surface area (Å²) in [5, 5.41) is 6.97. The molecule has 0 aromatic carbocycles. The van der Waals surface area contributed by atoms with Crippen LogP contribution in [0.2, 0.25) is 0 Å². The second kappa shape index (κ2) is 4.13. The molecule has 2 amide bonds. The Kier molecular flexibility index (Phi) is 3.11. The molecule has 0 atom stereocenters. The van der Waals surface area contributed by atoms with Crippen molar-refractivity contribution in [3.05, 3.63) is 17.5 Å². The van der Waals surface area contributed by atoms with Crippen molar-refractivity contribution in [1.29, 1.82) is 0 Å². The molecule has 0 spiro atoms. The lowest BCUT2D eigenvalue weighted by Gasteiger charge is -2.11. The van der Waals surface area contributed by atoms with E-state index in [-0.39, 0.29) is 6.03 Å². The molecular formula is C9H16N4O. The van der Waals surface area contributed by atoms with E-state index in [9.17, 15) is 4.79 Å². The Hall–Kier alpha value is -1.52. The van der Waals surface area contributed by atoms with Crippen LogP contribution in [0.3, 0.4) is 0 Å². The summed E-state index contributed by atoms with van der Waals surface area (Å²) in [5.41, 5.74) is 1.99. The van der Waals surface area contributed by atoms with Gasteiger partial charge in [-0.05, 0) is 6.92 Å². The Morgan fingerprint density at radius 3 is 2.71 bits per heavy atom. The number of urea groups is 1. The summed E-state index contributed by atoms with van der Waals surface area (Å²) in [6, 6.07) is -0.0896. The lowest BCUT2D eigenvalue weighted by Crippen LogP contribution is -2.33. The number of rotatable bonds is 2. The fourth-order valence-electron chi connectivity index (χ4n) is 1.15. The minimum absolute atomic E-state index is 0.0896. The van der Waals surface area contributed by atoms with E-state index in [4.69, 9.17) is 0 Å². The van der Waals surface area contributed by atoms with Crippen molar-refractivity contribution < 1.29 is 4.79 Å². The van der Waals surface area contributed by atoms with Gasteiger partial charge >= 0.3 is 6.03 Å². The molecule has 14 heavy (non-hydrogen) atoms. The minimum Gasteiger partial charge on any atom is -0.334 e. The van der Waals surface area contributed by atoms with Crippen molar-refractivity contribution >= 4 is 6.03 Å². The highest BCUT2D eigenvalue weighted by molar-refractivity contribution is 5.73. The molecule has 0 bridgehead atoms. The summed E-state index contributed by atoms with van der Waals surface area (Å²) in [4.78, 5) is 12.7. The summed E-state index contributed by atoms with van der Waals surface area (Å²) >= 11 is 0. The summed E-state index contributed by atoms with van der Waals surface area (Å²) in [7, 11) is 5.29. The van der Waals surface area contributed by atoms with Crippen LogP contribution in [-0.4, -0.2) is 34.8 Å². The highest BCUT2D eigenvalue weighted by Gasteiger charge is 2.06. The number of aryl methyl sites for hydroxylation is 2. The van der Waals surface area contributed by atoms with Crippen molar-refractivity contribution in [3.63, 3.8) is 0 Å². The van der Waals surface area contributed by atoms with Crippen molar-refractivity contribution in [2.45, 2.75) is 13.5 Å². The van der Waals surface area contributed by atoms with Gasteiger partial charge in [0, 0.05) is 39.4 Å². The third-order valence-corrected chi connectivity index (χ3v) is 1.95. The van der Waals surface area contributed by atoms with E-state index in [0.717, 1.165) is 11.3 Å². The molecule has 0 unspecified atom stereocenters. The second-order valence-electron chi connectivity index (χ2n) is 3.47. The van der Waals surface area contributed by atoms with E-state index < -0.39 is 0 Å². The number of hydrogen-bond donors (Lipinski definition) is 1. The summed E-state index contributed by atoms with van der Waals surface area (Å²) in [5.74, 6) is 0.